The molecule has 0 spiro atoms. The number of hydrogen-bond acceptors (Lipinski definition) is 2. The first-order valence-electron chi connectivity index (χ1n) is 12.8. The van der Waals surface area contributed by atoms with Crippen molar-refractivity contribution in [1.29, 1.82) is 0 Å². The van der Waals surface area contributed by atoms with Crippen LogP contribution in [-0.4, -0.2) is 22.9 Å². The molecule has 2 heteroatoms. The van der Waals surface area contributed by atoms with E-state index < -0.39 is 0 Å². The highest BCUT2D eigenvalue weighted by Gasteiger charge is 2.61. The van der Waals surface area contributed by atoms with Gasteiger partial charge in [0.25, 0.3) is 0 Å². The van der Waals surface area contributed by atoms with E-state index in [2.05, 4.69) is 33.8 Å². The van der Waals surface area contributed by atoms with Crippen LogP contribution in [0, 0.1) is 46.3 Å². The van der Waals surface area contributed by atoms with Crippen molar-refractivity contribution in [3.05, 3.63) is 11.6 Å². The van der Waals surface area contributed by atoms with Gasteiger partial charge in [0.05, 0.1) is 6.10 Å². The van der Waals surface area contributed by atoms with Crippen LogP contribution in [0.3, 0.4) is 0 Å². The lowest BCUT2D eigenvalue weighted by molar-refractivity contribution is -0.112. The molecule has 0 aromatic rings. The molecule has 3 fully saturated rings. The van der Waals surface area contributed by atoms with Gasteiger partial charge in [-0.1, -0.05) is 52.2 Å². The molecule has 0 bridgehead atoms. The first-order chi connectivity index (χ1) is 13.8. The highest BCUT2D eigenvalue weighted by molar-refractivity contribution is 5.25. The van der Waals surface area contributed by atoms with Crippen LogP contribution in [0.2, 0.25) is 0 Å². The van der Waals surface area contributed by atoms with Crippen LogP contribution in [0.4, 0.5) is 0 Å². The third-order valence-corrected chi connectivity index (χ3v) is 10.5. The van der Waals surface area contributed by atoms with Crippen LogP contribution >= 0.6 is 0 Å². The lowest BCUT2D eigenvalue weighted by Gasteiger charge is -2.60. The summed E-state index contributed by atoms with van der Waals surface area (Å²) in [7, 11) is 0. The Hall–Kier alpha value is -0.340. The SMILES string of the molecule is CC(CO)CCC[C@@H](C)[C@H]1CC[C@H]2[C@@H]3[C@H](O)CC4=CCCC[C@]4(C)[C@H]3CC[C@]12C. The summed E-state index contributed by atoms with van der Waals surface area (Å²) < 4.78 is 0. The Kier molecular flexibility index (Phi) is 6.26. The van der Waals surface area contributed by atoms with Crippen LogP contribution in [-0.2, 0) is 0 Å². The second-order valence-corrected chi connectivity index (χ2v) is 12.0. The molecule has 0 heterocycles. The molecule has 1 unspecified atom stereocenters. The van der Waals surface area contributed by atoms with E-state index in [-0.39, 0.29) is 6.10 Å². The van der Waals surface area contributed by atoms with E-state index in [4.69, 9.17) is 0 Å². The predicted molar refractivity (Wildman–Crippen MR) is 120 cm³/mol. The summed E-state index contributed by atoms with van der Waals surface area (Å²) in [5, 5.41) is 20.6. The van der Waals surface area contributed by atoms with Gasteiger partial charge >= 0.3 is 0 Å². The Labute approximate surface area is 179 Å². The minimum Gasteiger partial charge on any atom is -0.396 e. The Bertz CT molecular complexity index is 612. The van der Waals surface area contributed by atoms with Crippen LogP contribution in [0.1, 0.15) is 98.3 Å². The number of rotatable bonds is 6. The fourth-order valence-corrected chi connectivity index (χ4v) is 8.77. The Morgan fingerprint density at radius 2 is 1.86 bits per heavy atom. The molecule has 9 atom stereocenters. The fourth-order valence-electron chi connectivity index (χ4n) is 8.77. The summed E-state index contributed by atoms with van der Waals surface area (Å²) >= 11 is 0. The highest BCUT2D eigenvalue weighted by atomic mass is 16.3. The van der Waals surface area contributed by atoms with Crippen molar-refractivity contribution >= 4 is 0 Å². The van der Waals surface area contributed by atoms with Crippen LogP contribution in [0.5, 0.6) is 0 Å². The average molecular weight is 403 g/mol. The van der Waals surface area contributed by atoms with Gasteiger partial charge in [-0.3, -0.25) is 0 Å². The molecule has 0 aliphatic heterocycles. The minimum atomic E-state index is -0.110. The molecule has 0 aromatic carbocycles. The molecule has 4 aliphatic carbocycles. The third kappa shape index (κ3) is 3.65. The number of aliphatic hydroxyl groups is 2. The molecule has 166 valence electrons. The van der Waals surface area contributed by atoms with Gasteiger partial charge in [0, 0.05) is 6.61 Å². The number of fused-ring (bicyclic) bond motifs is 5. The summed E-state index contributed by atoms with van der Waals surface area (Å²) in [6.45, 7) is 10.1. The average Bonchev–Trinajstić information content (AvgIpc) is 3.05. The van der Waals surface area contributed by atoms with E-state index in [0.29, 0.717) is 35.2 Å². The van der Waals surface area contributed by atoms with E-state index in [9.17, 15) is 10.2 Å². The third-order valence-electron chi connectivity index (χ3n) is 10.5. The minimum absolute atomic E-state index is 0.110. The highest BCUT2D eigenvalue weighted by Crippen LogP contribution is 2.67. The monoisotopic (exact) mass is 402 g/mol. The maximum absolute atomic E-state index is 11.3. The first kappa shape index (κ1) is 21.9. The van der Waals surface area contributed by atoms with E-state index in [1.54, 1.807) is 5.57 Å². The van der Waals surface area contributed by atoms with Crippen molar-refractivity contribution in [2.24, 2.45) is 46.3 Å². The van der Waals surface area contributed by atoms with Gasteiger partial charge in [-0.05, 0) is 104 Å². The van der Waals surface area contributed by atoms with Crippen molar-refractivity contribution in [1.82, 2.24) is 0 Å². The quantitative estimate of drug-likeness (QED) is 0.507. The van der Waals surface area contributed by atoms with Crippen molar-refractivity contribution in [3.63, 3.8) is 0 Å². The largest absolute Gasteiger partial charge is 0.396 e. The Morgan fingerprint density at radius 1 is 1.07 bits per heavy atom. The van der Waals surface area contributed by atoms with Gasteiger partial charge < -0.3 is 10.2 Å². The molecule has 29 heavy (non-hydrogen) atoms. The first-order valence-corrected chi connectivity index (χ1v) is 12.8. The van der Waals surface area contributed by atoms with Crippen LogP contribution in [0.25, 0.3) is 0 Å². The summed E-state index contributed by atoms with van der Waals surface area (Å²) in [4.78, 5) is 0. The van der Waals surface area contributed by atoms with Crippen molar-refractivity contribution in [2.75, 3.05) is 6.61 Å². The lowest BCUT2D eigenvalue weighted by atomic mass is 9.46. The topological polar surface area (TPSA) is 40.5 Å². The van der Waals surface area contributed by atoms with Gasteiger partial charge in [-0.15, -0.1) is 0 Å². The molecule has 4 rings (SSSR count). The van der Waals surface area contributed by atoms with Crippen LogP contribution in [0.15, 0.2) is 11.6 Å². The molecule has 3 saturated carbocycles. The van der Waals surface area contributed by atoms with E-state index >= 15 is 0 Å². The fraction of sp³-hybridized carbons (Fsp3) is 0.926. The van der Waals surface area contributed by atoms with Gasteiger partial charge in [-0.25, -0.2) is 0 Å². The second-order valence-electron chi connectivity index (χ2n) is 12.0. The van der Waals surface area contributed by atoms with Gasteiger partial charge in [-0.2, -0.15) is 0 Å². The molecule has 2 nitrogen and oxygen atoms in total. The smallest absolute Gasteiger partial charge is 0.0611 e. The number of aliphatic hydroxyl groups excluding tert-OH is 2. The molecule has 0 saturated heterocycles. The van der Waals surface area contributed by atoms with E-state index in [1.165, 1.54) is 57.8 Å². The molecule has 2 N–H and O–H groups in total. The molecule has 0 aromatic heterocycles. The van der Waals surface area contributed by atoms with Crippen molar-refractivity contribution in [2.45, 2.75) is 104 Å². The molecule has 0 radical (unpaired) electrons. The van der Waals surface area contributed by atoms with E-state index in [0.717, 1.165) is 30.6 Å². The normalized spacial score (nSPS) is 46.3. The zero-order chi connectivity index (χ0) is 20.8. The zero-order valence-electron chi connectivity index (χ0n) is 19.5. The zero-order valence-corrected chi connectivity index (χ0v) is 19.5. The predicted octanol–water partition coefficient (Wildman–Crippen LogP) is 6.36. The maximum atomic E-state index is 11.3. The van der Waals surface area contributed by atoms with Crippen molar-refractivity contribution in [3.8, 4) is 0 Å². The summed E-state index contributed by atoms with van der Waals surface area (Å²) in [5.74, 6) is 3.99. The van der Waals surface area contributed by atoms with E-state index in [1.807, 2.05) is 0 Å². The van der Waals surface area contributed by atoms with Gasteiger partial charge in [0.2, 0.25) is 0 Å². The lowest BCUT2D eigenvalue weighted by Crippen LogP contribution is -2.55. The molecular formula is C27H46O2. The summed E-state index contributed by atoms with van der Waals surface area (Å²) in [6, 6.07) is 0. The van der Waals surface area contributed by atoms with Gasteiger partial charge in [0.1, 0.15) is 0 Å². The Balaban J connectivity index is 1.49. The molecular weight excluding hydrogens is 356 g/mol. The molecule has 4 aliphatic rings. The summed E-state index contributed by atoms with van der Waals surface area (Å²) in [6.07, 6.45) is 16.4. The maximum Gasteiger partial charge on any atom is 0.0611 e. The second kappa shape index (κ2) is 8.30. The summed E-state index contributed by atoms with van der Waals surface area (Å²) in [5.41, 5.74) is 2.39. The number of allylic oxidation sites excluding steroid dienone is 1. The number of hydrogen-bond donors (Lipinski definition) is 2. The van der Waals surface area contributed by atoms with Crippen LogP contribution < -0.4 is 0 Å². The standard InChI is InChI=1S/C27H46O2/c1-18(17-28)8-7-9-19(2)21-11-12-22-25-23(13-15-27(21,22)4)26(3)14-6-5-10-20(26)16-24(25)29/h10,18-19,21-25,28-29H,5-9,11-17H2,1-4H3/t18?,19-,21-,22+,23+,24-,25+,26+,27-/m1/s1. The van der Waals surface area contributed by atoms with Gasteiger partial charge in [0.15, 0.2) is 0 Å². The van der Waals surface area contributed by atoms with Crippen molar-refractivity contribution < 1.29 is 10.2 Å². The molecule has 0 amide bonds. The Morgan fingerprint density at radius 3 is 2.62 bits per heavy atom.